The van der Waals surface area contributed by atoms with E-state index in [4.69, 9.17) is 9.47 Å². The first-order valence-electron chi connectivity index (χ1n) is 5.85. The first-order valence-corrected chi connectivity index (χ1v) is 5.85. The molecule has 1 aliphatic rings. The maximum Gasteiger partial charge on any atom is 0.401 e. The van der Waals surface area contributed by atoms with Crippen LogP contribution in [0.2, 0.25) is 0 Å². The molecule has 0 unspecified atom stereocenters. The van der Waals surface area contributed by atoms with Gasteiger partial charge in [-0.1, -0.05) is 0 Å². The zero-order valence-corrected chi connectivity index (χ0v) is 10.5. The summed E-state index contributed by atoms with van der Waals surface area (Å²) in [5.74, 6) is -0.655. The lowest BCUT2D eigenvalue weighted by molar-refractivity contribution is -0.163. The van der Waals surface area contributed by atoms with Crippen LogP contribution in [-0.4, -0.2) is 56.0 Å². The lowest BCUT2D eigenvalue weighted by Gasteiger charge is -2.24. The van der Waals surface area contributed by atoms with Gasteiger partial charge in [-0.05, 0) is 26.8 Å². The summed E-state index contributed by atoms with van der Waals surface area (Å²) in [5, 5.41) is 0. The number of halogens is 3. The van der Waals surface area contributed by atoms with Crippen molar-refractivity contribution in [2.24, 2.45) is 0 Å². The molecule has 1 aliphatic heterocycles. The van der Waals surface area contributed by atoms with Gasteiger partial charge < -0.3 is 9.47 Å². The maximum atomic E-state index is 12.1. The Labute approximate surface area is 104 Å². The number of hydrogen-bond donors (Lipinski definition) is 0. The third-order valence-electron chi connectivity index (χ3n) is 2.87. The van der Waals surface area contributed by atoms with Crippen molar-refractivity contribution in [1.82, 2.24) is 4.90 Å². The van der Waals surface area contributed by atoms with E-state index in [1.807, 2.05) is 0 Å². The van der Waals surface area contributed by atoms with Gasteiger partial charge in [0.25, 0.3) is 0 Å². The van der Waals surface area contributed by atoms with Gasteiger partial charge in [-0.3, -0.25) is 9.69 Å². The number of alkyl halides is 3. The van der Waals surface area contributed by atoms with Crippen molar-refractivity contribution in [2.45, 2.75) is 38.1 Å². The van der Waals surface area contributed by atoms with Crippen LogP contribution in [0.4, 0.5) is 13.2 Å². The fraction of sp³-hybridized carbons (Fsp3) is 0.909. The van der Waals surface area contributed by atoms with E-state index in [0.29, 0.717) is 6.61 Å². The normalized spacial score (nSPS) is 22.2. The topological polar surface area (TPSA) is 38.8 Å². The standard InChI is InChI=1S/C11H18F3NO3/c1-8(15(2)7-11(12,13)14)10(16)18-6-9-4-3-5-17-9/h8-9H,3-7H2,1-2H3/t8-,9-/m1/s1. The second-order valence-corrected chi connectivity index (χ2v) is 4.47. The van der Waals surface area contributed by atoms with Gasteiger partial charge in [-0.25, -0.2) is 0 Å². The van der Waals surface area contributed by atoms with Crippen LogP contribution in [0.25, 0.3) is 0 Å². The average Bonchev–Trinajstić information content (AvgIpc) is 2.75. The van der Waals surface area contributed by atoms with Gasteiger partial charge in [0, 0.05) is 6.61 Å². The van der Waals surface area contributed by atoms with Crippen LogP contribution in [-0.2, 0) is 14.3 Å². The molecular formula is C11H18F3NO3. The van der Waals surface area contributed by atoms with E-state index in [9.17, 15) is 18.0 Å². The smallest absolute Gasteiger partial charge is 0.401 e. The molecule has 0 N–H and O–H groups in total. The molecule has 4 nitrogen and oxygen atoms in total. The quantitative estimate of drug-likeness (QED) is 0.710. The number of hydrogen-bond acceptors (Lipinski definition) is 4. The highest BCUT2D eigenvalue weighted by atomic mass is 19.4. The Hall–Kier alpha value is -0.820. The molecule has 0 radical (unpaired) electrons. The highest BCUT2D eigenvalue weighted by molar-refractivity contribution is 5.75. The number of ether oxygens (including phenoxy) is 2. The fourth-order valence-electron chi connectivity index (χ4n) is 1.67. The molecular weight excluding hydrogens is 251 g/mol. The zero-order chi connectivity index (χ0) is 13.8. The summed E-state index contributed by atoms with van der Waals surface area (Å²) in [5.41, 5.74) is 0. The third kappa shape index (κ3) is 5.22. The highest BCUT2D eigenvalue weighted by Crippen LogP contribution is 2.17. The lowest BCUT2D eigenvalue weighted by Crippen LogP contribution is -2.43. The summed E-state index contributed by atoms with van der Waals surface area (Å²) in [6.45, 7) is 1.02. The molecule has 0 aromatic heterocycles. The summed E-state index contributed by atoms with van der Waals surface area (Å²) in [7, 11) is 1.24. The second kappa shape index (κ2) is 6.38. The molecule has 2 atom stereocenters. The Morgan fingerprint density at radius 1 is 1.56 bits per heavy atom. The molecule has 0 spiro atoms. The van der Waals surface area contributed by atoms with Crippen LogP contribution in [0, 0.1) is 0 Å². The molecule has 0 saturated carbocycles. The van der Waals surface area contributed by atoms with Crippen molar-refractivity contribution in [3.05, 3.63) is 0 Å². The summed E-state index contributed by atoms with van der Waals surface area (Å²) >= 11 is 0. The number of carbonyl (C=O) groups excluding carboxylic acids is 1. The van der Waals surface area contributed by atoms with E-state index in [0.717, 1.165) is 17.7 Å². The van der Waals surface area contributed by atoms with Crippen molar-refractivity contribution in [2.75, 3.05) is 26.8 Å². The summed E-state index contributed by atoms with van der Waals surface area (Å²) < 4.78 is 46.6. The fourth-order valence-corrected chi connectivity index (χ4v) is 1.67. The summed E-state index contributed by atoms with van der Waals surface area (Å²) in [6, 6.07) is -0.923. The van der Waals surface area contributed by atoms with E-state index in [1.165, 1.54) is 14.0 Å². The monoisotopic (exact) mass is 269 g/mol. The molecule has 1 heterocycles. The van der Waals surface area contributed by atoms with Gasteiger partial charge in [0.1, 0.15) is 12.6 Å². The van der Waals surface area contributed by atoms with Gasteiger partial charge in [-0.15, -0.1) is 0 Å². The minimum absolute atomic E-state index is 0.114. The van der Waals surface area contributed by atoms with Gasteiger partial charge >= 0.3 is 12.1 Å². The Kier molecular flexibility index (Phi) is 5.40. The predicted octanol–water partition coefficient (Wildman–Crippen LogP) is 1.59. The Balaban J connectivity index is 2.31. The number of esters is 1. The van der Waals surface area contributed by atoms with Crippen LogP contribution in [0.1, 0.15) is 19.8 Å². The highest BCUT2D eigenvalue weighted by Gasteiger charge is 2.33. The summed E-state index contributed by atoms with van der Waals surface area (Å²) in [6.07, 6.45) is -2.70. The van der Waals surface area contributed by atoms with Crippen molar-refractivity contribution in [1.29, 1.82) is 0 Å². The number of likely N-dealkylation sites (N-methyl/N-ethyl adjacent to an activating group) is 1. The molecule has 1 saturated heterocycles. The van der Waals surface area contributed by atoms with Gasteiger partial charge in [0.05, 0.1) is 12.6 Å². The second-order valence-electron chi connectivity index (χ2n) is 4.47. The van der Waals surface area contributed by atoms with E-state index in [-0.39, 0.29) is 12.7 Å². The van der Waals surface area contributed by atoms with E-state index >= 15 is 0 Å². The van der Waals surface area contributed by atoms with Crippen LogP contribution >= 0.6 is 0 Å². The van der Waals surface area contributed by atoms with Crippen molar-refractivity contribution >= 4 is 5.97 Å². The molecule has 18 heavy (non-hydrogen) atoms. The van der Waals surface area contributed by atoms with Crippen molar-refractivity contribution in [3.63, 3.8) is 0 Å². The molecule has 106 valence electrons. The van der Waals surface area contributed by atoms with Crippen LogP contribution in [0.5, 0.6) is 0 Å². The lowest BCUT2D eigenvalue weighted by atomic mass is 10.2. The van der Waals surface area contributed by atoms with Crippen LogP contribution in [0.3, 0.4) is 0 Å². The molecule has 1 fully saturated rings. The number of rotatable bonds is 5. The van der Waals surface area contributed by atoms with Crippen molar-refractivity contribution < 1.29 is 27.4 Å². The van der Waals surface area contributed by atoms with Gasteiger partial charge in [0.2, 0.25) is 0 Å². The first kappa shape index (κ1) is 15.2. The van der Waals surface area contributed by atoms with Crippen LogP contribution in [0.15, 0.2) is 0 Å². The SMILES string of the molecule is C[C@H](C(=O)OC[C@H]1CCCO1)N(C)CC(F)(F)F. The van der Waals surface area contributed by atoms with E-state index in [1.54, 1.807) is 0 Å². The average molecular weight is 269 g/mol. The first-order chi connectivity index (χ1) is 8.29. The van der Waals surface area contributed by atoms with Gasteiger partial charge in [0.15, 0.2) is 0 Å². The Morgan fingerprint density at radius 3 is 2.72 bits per heavy atom. The number of nitrogens with zero attached hydrogens (tertiary/aromatic N) is 1. The maximum absolute atomic E-state index is 12.1. The Bertz CT molecular complexity index is 277. The van der Waals surface area contributed by atoms with E-state index in [2.05, 4.69) is 0 Å². The molecule has 0 aliphatic carbocycles. The third-order valence-corrected chi connectivity index (χ3v) is 2.87. The van der Waals surface area contributed by atoms with E-state index < -0.39 is 24.7 Å². The zero-order valence-electron chi connectivity index (χ0n) is 10.5. The Morgan fingerprint density at radius 2 is 2.22 bits per heavy atom. The van der Waals surface area contributed by atoms with Gasteiger partial charge in [-0.2, -0.15) is 13.2 Å². The molecule has 0 amide bonds. The molecule has 0 bridgehead atoms. The minimum Gasteiger partial charge on any atom is -0.462 e. The predicted molar refractivity (Wildman–Crippen MR) is 58.1 cm³/mol. The number of carbonyl (C=O) groups is 1. The largest absolute Gasteiger partial charge is 0.462 e. The molecule has 0 aromatic rings. The van der Waals surface area contributed by atoms with Crippen LogP contribution < -0.4 is 0 Å². The molecule has 7 heteroatoms. The molecule has 0 aromatic carbocycles. The minimum atomic E-state index is -4.32. The van der Waals surface area contributed by atoms with Crippen molar-refractivity contribution in [3.8, 4) is 0 Å². The summed E-state index contributed by atoms with van der Waals surface area (Å²) in [4.78, 5) is 12.5. The molecule has 1 rings (SSSR count).